The Kier molecular flexibility index (Phi) is 5.43. The summed E-state index contributed by atoms with van der Waals surface area (Å²) in [6.07, 6.45) is 1.67. The average Bonchev–Trinajstić information content (AvgIpc) is 2.64. The van der Waals surface area contributed by atoms with Gasteiger partial charge < -0.3 is 15.4 Å². The van der Waals surface area contributed by atoms with E-state index < -0.39 is 0 Å². The first-order valence-electron chi connectivity index (χ1n) is 8.04. The molecule has 0 spiro atoms. The van der Waals surface area contributed by atoms with Crippen molar-refractivity contribution in [2.45, 2.75) is 6.42 Å². The molecule has 1 amide bonds. The molecule has 0 saturated heterocycles. The minimum atomic E-state index is -0.356. The highest BCUT2D eigenvalue weighted by Crippen LogP contribution is 2.19. The molecule has 0 unspecified atom stereocenters. The molecule has 3 aromatic rings. The van der Waals surface area contributed by atoms with Crippen molar-refractivity contribution in [2.24, 2.45) is 0 Å². The molecule has 0 fully saturated rings. The van der Waals surface area contributed by atoms with Gasteiger partial charge in [0.2, 0.25) is 5.91 Å². The van der Waals surface area contributed by atoms with Crippen molar-refractivity contribution < 1.29 is 13.9 Å². The Morgan fingerprint density at radius 3 is 2.50 bits per heavy atom. The highest BCUT2D eigenvalue weighted by Gasteiger charge is 2.06. The molecular formula is C20H18FN3O2. The molecule has 0 atom stereocenters. The fourth-order valence-corrected chi connectivity index (χ4v) is 2.40. The summed E-state index contributed by atoms with van der Waals surface area (Å²) in [5, 5.41) is 5.91. The van der Waals surface area contributed by atoms with Crippen LogP contribution in [0.5, 0.6) is 5.75 Å². The first kappa shape index (κ1) is 17.4. The standard InChI is InChI=1S/C20H18FN3O2/c1-26-18-8-5-16(6-9-18)23-19-10-7-17(13-22-19)24-20(25)12-14-3-2-4-15(21)11-14/h2-11,13H,12H2,1H3,(H,22,23)(H,24,25). The Hall–Kier alpha value is -3.41. The number of carbonyl (C=O) groups excluding carboxylic acids is 1. The topological polar surface area (TPSA) is 63.2 Å². The largest absolute Gasteiger partial charge is 0.497 e. The van der Waals surface area contributed by atoms with Crippen LogP contribution in [0.4, 0.5) is 21.6 Å². The molecule has 0 radical (unpaired) electrons. The van der Waals surface area contributed by atoms with Gasteiger partial charge in [-0.3, -0.25) is 4.79 Å². The number of halogens is 1. The van der Waals surface area contributed by atoms with Crippen molar-refractivity contribution >= 4 is 23.1 Å². The number of pyridine rings is 1. The number of aromatic nitrogens is 1. The van der Waals surface area contributed by atoms with Gasteiger partial charge in [-0.25, -0.2) is 9.37 Å². The molecule has 0 aliphatic heterocycles. The molecule has 1 aromatic heterocycles. The van der Waals surface area contributed by atoms with E-state index in [1.807, 2.05) is 24.3 Å². The highest BCUT2D eigenvalue weighted by atomic mass is 19.1. The number of nitrogens with zero attached hydrogens (tertiary/aromatic N) is 1. The van der Waals surface area contributed by atoms with Crippen molar-refractivity contribution in [1.29, 1.82) is 0 Å². The normalized spacial score (nSPS) is 10.2. The van der Waals surface area contributed by atoms with E-state index in [0.717, 1.165) is 11.4 Å². The van der Waals surface area contributed by atoms with Crippen LogP contribution in [0.15, 0.2) is 66.9 Å². The lowest BCUT2D eigenvalue weighted by atomic mass is 10.1. The second kappa shape index (κ2) is 8.11. The summed E-state index contributed by atoms with van der Waals surface area (Å²) < 4.78 is 18.3. The van der Waals surface area contributed by atoms with Gasteiger partial charge in [-0.2, -0.15) is 0 Å². The lowest BCUT2D eigenvalue weighted by Gasteiger charge is -2.08. The predicted octanol–water partition coefficient (Wildman–Crippen LogP) is 4.15. The summed E-state index contributed by atoms with van der Waals surface area (Å²) >= 11 is 0. The monoisotopic (exact) mass is 351 g/mol. The summed E-state index contributed by atoms with van der Waals surface area (Å²) in [6.45, 7) is 0. The first-order valence-corrected chi connectivity index (χ1v) is 8.04. The minimum absolute atomic E-state index is 0.101. The molecule has 0 bridgehead atoms. The molecule has 6 heteroatoms. The summed E-state index contributed by atoms with van der Waals surface area (Å²) in [5.41, 5.74) is 2.07. The molecular weight excluding hydrogens is 333 g/mol. The molecule has 132 valence electrons. The maximum absolute atomic E-state index is 13.2. The van der Waals surface area contributed by atoms with Gasteiger partial charge >= 0.3 is 0 Å². The molecule has 0 aliphatic rings. The highest BCUT2D eigenvalue weighted by molar-refractivity contribution is 5.92. The van der Waals surface area contributed by atoms with Crippen LogP contribution in [0.1, 0.15) is 5.56 Å². The number of hydrogen-bond donors (Lipinski definition) is 2. The van der Waals surface area contributed by atoms with E-state index in [-0.39, 0.29) is 18.1 Å². The Labute approximate surface area is 150 Å². The van der Waals surface area contributed by atoms with Gasteiger partial charge in [0.15, 0.2) is 0 Å². The van der Waals surface area contributed by atoms with Crippen LogP contribution in [0.3, 0.4) is 0 Å². The quantitative estimate of drug-likeness (QED) is 0.700. The number of anilines is 3. The fourth-order valence-electron chi connectivity index (χ4n) is 2.40. The maximum Gasteiger partial charge on any atom is 0.228 e. The molecule has 2 aromatic carbocycles. The van der Waals surface area contributed by atoms with Crippen molar-refractivity contribution in [1.82, 2.24) is 4.98 Å². The Bertz CT molecular complexity index is 880. The fraction of sp³-hybridized carbons (Fsp3) is 0.100. The molecule has 0 aliphatic carbocycles. The summed E-state index contributed by atoms with van der Waals surface area (Å²) in [5.74, 6) is 0.845. The first-order chi connectivity index (χ1) is 12.6. The van der Waals surface area contributed by atoms with Crippen molar-refractivity contribution in [2.75, 3.05) is 17.7 Å². The van der Waals surface area contributed by atoms with E-state index in [9.17, 15) is 9.18 Å². The lowest BCUT2D eigenvalue weighted by Crippen LogP contribution is -2.14. The van der Waals surface area contributed by atoms with Crippen molar-refractivity contribution in [3.8, 4) is 5.75 Å². The van der Waals surface area contributed by atoms with Crippen molar-refractivity contribution in [3.63, 3.8) is 0 Å². The van der Waals surface area contributed by atoms with Gasteiger partial charge in [-0.1, -0.05) is 12.1 Å². The molecule has 0 saturated carbocycles. The second-order valence-electron chi connectivity index (χ2n) is 5.64. The van der Waals surface area contributed by atoms with Crippen LogP contribution in [-0.4, -0.2) is 18.0 Å². The smallest absolute Gasteiger partial charge is 0.228 e. The van der Waals surface area contributed by atoms with Crippen LogP contribution in [-0.2, 0) is 11.2 Å². The van der Waals surface area contributed by atoms with E-state index in [1.165, 1.54) is 12.1 Å². The van der Waals surface area contributed by atoms with E-state index >= 15 is 0 Å². The minimum Gasteiger partial charge on any atom is -0.497 e. The van der Waals surface area contributed by atoms with Crippen LogP contribution in [0.25, 0.3) is 0 Å². The van der Waals surface area contributed by atoms with Gasteiger partial charge in [-0.05, 0) is 54.1 Å². The van der Waals surface area contributed by atoms with E-state index in [0.29, 0.717) is 17.1 Å². The Balaban J connectivity index is 1.57. The second-order valence-corrected chi connectivity index (χ2v) is 5.64. The van der Waals surface area contributed by atoms with Crippen LogP contribution >= 0.6 is 0 Å². The maximum atomic E-state index is 13.2. The SMILES string of the molecule is COc1ccc(Nc2ccc(NC(=O)Cc3cccc(F)c3)cn2)cc1. The summed E-state index contributed by atoms with van der Waals surface area (Å²) in [7, 11) is 1.62. The number of ether oxygens (including phenoxy) is 1. The number of hydrogen-bond acceptors (Lipinski definition) is 4. The molecule has 5 nitrogen and oxygen atoms in total. The molecule has 2 N–H and O–H groups in total. The van der Waals surface area contributed by atoms with Crippen molar-refractivity contribution in [3.05, 3.63) is 78.2 Å². The van der Waals surface area contributed by atoms with E-state index in [4.69, 9.17) is 4.74 Å². The number of carbonyl (C=O) groups is 1. The predicted molar refractivity (Wildman–Crippen MR) is 99.2 cm³/mol. The third-order valence-electron chi connectivity index (χ3n) is 3.66. The number of benzene rings is 2. The lowest BCUT2D eigenvalue weighted by molar-refractivity contribution is -0.115. The zero-order chi connectivity index (χ0) is 18.4. The molecule has 3 rings (SSSR count). The van der Waals surface area contributed by atoms with Gasteiger partial charge in [0.1, 0.15) is 17.4 Å². The summed E-state index contributed by atoms with van der Waals surface area (Å²) in [6, 6.07) is 17.0. The van der Waals surface area contributed by atoms with Crippen LogP contribution in [0, 0.1) is 5.82 Å². The Morgan fingerprint density at radius 1 is 1.08 bits per heavy atom. The number of rotatable bonds is 6. The third-order valence-corrected chi connectivity index (χ3v) is 3.66. The van der Waals surface area contributed by atoms with Crippen LogP contribution < -0.4 is 15.4 Å². The third kappa shape index (κ3) is 4.80. The zero-order valence-electron chi connectivity index (χ0n) is 14.2. The number of nitrogens with one attached hydrogen (secondary N) is 2. The molecule has 1 heterocycles. The summed E-state index contributed by atoms with van der Waals surface area (Å²) in [4.78, 5) is 16.3. The number of amides is 1. The van der Waals surface area contributed by atoms with Gasteiger partial charge in [-0.15, -0.1) is 0 Å². The van der Waals surface area contributed by atoms with Gasteiger partial charge in [0.05, 0.1) is 25.4 Å². The Morgan fingerprint density at radius 2 is 1.85 bits per heavy atom. The van der Waals surface area contributed by atoms with E-state index in [2.05, 4.69) is 15.6 Å². The van der Waals surface area contributed by atoms with Gasteiger partial charge in [0, 0.05) is 5.69 Å². The average molecular weight is 351 g/mol. The van der Waals surface area contributed by atoms with Crippen LogP contribution in [0.2, 0.25) is 0 Å². The molecule has 26 heavy (non-hydrogen) atoms. The number of methoxy groups -OCH3 is 1. The zero-order valence-corrected chi connectivity index (χ0v) is 14.2. The van der Waals surface area contributed by atoms with E-state index in [1.54, 1.807) is 37.6 Å². The van der Waals surface area contributed by atoms with Gasteiger partial charge in [0.25, 0.3) is 0 Å².